The number of aromatic nitrogens is 2. The fourth-order valence-corrected chi connectivity index (χ4v) is 2.32. The van der Waals surface area contributed by atoms with Crippen molar-refractivity contribution in [1.29, 1.82) is 0 Å². The Balaban J connectivity index is 1.59. The minimum Gasteiger partial charge on any atom is -0.481 e. The van der Waals surface area contributed by atoms with Gasteiger partial charge in [0.2, 0.25) is 5.13 Å². The van der Waals surface area contributed by atoms with Gasteiger partial charge in [-0.25, -0.2) is 4.98 Å². The van der Waals surface area contributed by atoms with Crippen molar-refractivity contribution in [1.82, 2.24) is 9.36 Å². The quantitative estimate of drug-likeness (QED) is 0.817. The highest BCUT2D eigenvalue weighted by Gasteiger charge is 2.50. The molecule has 6 heteroatoms. The molecule has 0 amide bonds. The second kappa shape index (κ2) is 3.41. The molecule has 2 aliphatic carbocycles. The Morgan fingerprint density at radius 2 is 2.31 bits per heavy atom. The first-order valence-electron chi connectivity index (χ1n) is 5.50. The summed E-state index contributed by atoms with van der Waals surface area (Å²) in [4.78, 5) is 15.3. The Kier molecular flexibility index (Phi) is 2.14. The maximum atomic E-state index is 11.0. The van der Waals surface area contributed by atoms with Crippen LogP contribution in [0.1, 0.15) is 37.4 Å². The van der Waals surface area contributed by atoms with Crippen molar-refractivity contribution >= 4 is 22.6 Å². The molecule has 86 valence electrons. The normalized spacial score (nSPS) is 21.8. The first-order valence-corrected chi connectivity index (χ1v) is 6.28. The second-order valence-corrected chi connectivity index (χ2v) is 5.42. The highest BCUT2D eigenvalue weighted by atomic mass is 32.1. The lowest BCUT2D eigenvalue weighted by atomic mass is 10.1. The molecular weight excluding hydrogens is 226 g/mol. The average molecular weight is 239 g/mol. The van der Waals surface area contributed by atoms with E-state index in [2.05, 4.69) is 14.7 Å². The standard InChI is InChI=1S/C10H13N3O2S/c14-8(15)10(3-4-10)5-11-9-12-7(13-16-9)6-1-2-6/h6H,1-5H2,(H,14,15)(H,11,12,13). The molecule has 5 nitrogen and oxygen atoms in total. The number of hydrogen-bond acceptors (Lipinski definition) is 5. The molecule has 3 rings (SSSR count). The number of nitrogens with one attached hydrogen (secondary N) is 1. The second-order valence-electron chi connectivity index (χ2n) is 4.67. The van der Waals surface area contributed by atoms with Gasteiger partial charge >= 0.3 is 5.97 Å². The first-order chi connectivity index (χ1) is 7.70. The zero-order chi connectivity index (χ0) is 11.2. The lowest BCUT2D eigenvalue weighted by Gasteiger charge is -2.08. The van der Waals surface area contributed by atoms with Gasteiger partial charge in [-0.2, -0.15) is 4.37 Å². The summed E-state index contributed by atoms with van der Waals surface area (Å²) in [7, 11) is 0. The van der Waals surface area contributed by atoms with Crippen LogP contribution in [-0.4, -0.2) is 27.0 Å². The van der Waals surface area contributed by atoms with E-state index in [0.717, 1.165) is 23.8 Å². The minimum atomic E-state index is -0.702. The van der Waals surface area contributed by atoms with Gasteiger partial charge in [0, 0.05) is 24.0 Å². The molecule has 2 saturated carbocycles. The predicted molar refractivity (Wildman–Crippen MR) is 59.7 cm³/mol. The summed E-state index contributed by atoms with van der Waals surface area (Å²) in [5.74, 6) is 0.778. The summed E-state index contributed by atoms with van der Waals surface area (Å²) in [5.41, 5.74) is -0.536. The fourth-order valence-electron chi connectivity index (χ4n) is 1.68. The predicted octanol–water partition coefficient (Wildman–Crippen LogP) is 1.69. The Labute approximate surface area is 97.1 Å². The van der Waals surface area contributed by atoms with E-state index in [1.54, 1.807) is 0 Å². The van der Waals surface area contributed by atoms with Crippen LogP contribution in [0.3, 0.4) is 0 Å². The lowest BCUT2D eigenvalue weighted by Crippen LogP contribution is -2.24. The Morgan fingerprint density at radius 3 is 2.88 bits per heavy atom. The van der Waals surface area contributed by atoms with Crippen LogP contribution >= 0.6 is 11.5 Å². The third-order valence-corrected chi connectivity index (χ3v) is 3.96. The molecule has 0 aromatic carbocycles. The maximum Gasteiger partial charge on any atom is 0.311 e. The summed E-state index contributed by atoms with van der Waals surface area (Å²) in [6.45, 7) is 0.474. The van der Waals surface area contributed by atoms with Gasteiger partial charge in [-0.3, -0.25) is 4.79 Å². The molecule has 1 aromatic rings. The lowest BCUT2D eigenvalue weighted by molar-refractivity contribution is -0.142. The number of carboxylic acid groups (broad SMARTS) is 1. The van der Waals surface area contributed by atoms with Gasteiger partial charge < -0.3 is 10.4 Å². The van der Waals surface area contributed by atoms with Crippen molar-refractivity contribution in [3.8, 4) is 0 Å². The van der Waals surface area contributed by atoms with Crippen molar-refractivity contribution in [2.75, 3.05) is 11.9 Å². The SMILES string of the molecule is O=C(O)C1(CNc2nc(C3CC3)ns2)CC1. The van der Waals surface area contributed by atoms with Crippen LogP contribution in [-0.2, 0) is 4.79 Å². The van der Waals surface area contributed by atoms with Gasteiger partial charge in [0.1, 0.15) is 5.82 Å². The van der Waals surface area contributed by atoms with Gasteiger partial charge in [-0.15, -0.1) is 0 Å². The van der Waals surface area contributed by atoms with Crippen LogP contribution in [0.5, 0.6) is 0 Å². The zero-order valence-corrected chi connectivity index (χ0v) is 9.59. The summed E-state index contributed by atoms with van der Waals surface area (Å²) < 4.78 is 4.26. The molecule has 0 radical (unpaired) electrons. The fraction of sp³-hybridized carbons (Fsp3) is 0.700. The third kappa shape index (κ3) is 1.77. The van der Waals surface area contributed by atoms with Crippen molar-refractivity contribution in [2.24, 2.45) is 5.41 Å². The van der Waals surface area contributed by atoms with Gasteiger partial charge in [-0.05, 0) is 25.7 Å². The van der Waals surface area contributed by atoms with E-state index in [1.165, 1.54) is 24.4 Å². The Bertz CT molecular complexity index is 423. The topological polar surface area (TPSA) is 75.1 Å². The number of carboxylic acids is 1. The smallest absolute Gasteiger partial charge is 0.311 e. The van der Waals surface area contributed by atoms with Crippen LogP contribution in [0, 0.1) is 5.41 Å². The summed E-state index contributed by atoms with van der Waals surface area (Å²) in [5, 5.41) is 12.9. The molecule has 0 unspecified atom stereocenters. The summed E-state index contributed by atoms with van der Waals surface area (Å²) >= 11 is 1.33. The van der Waals surface area contributed by atoms with E-state index in [9.17, 15) is 4.79 Å². The van der Waals surface area contributed by atoms with Crippen molar-refractivity contribution < 1.29 is 9.90 Å². The van der Waals surface area contributed by atoms with Crippen LogP contribution in [0.2, 0.25) is 0 Å². The highest BCUT2D eigenvalue weighted by molar-refractivity contribution is 7.09. The van der Waals surface area contributed by atoms with E-state index in [1.807, 2.05) is 0 Å². The van der Waals surface area contributed by atoms with Crippen LogP contribution in [0.25, 0.3) is 0 Å². The number of aliphatic carboxylic acids is 1. The van der Waals surface area contributed by atoms with E-state index in [-0.39, 0.29) is 0 Å². The van der Waals surface area contributed by atoms with Gasteiger partial charge in [0.05, 0.1) is 5.41 Å². The number of hydrogen-bond donors (Lipinski definition) is 2. The van der Waals surface area contributed by atoms with E-state index >= 15 is 0 Å². The summed E-state index contributed by atoms with van der Waals surface area (Å²) in [6, 6.07) is 0. The molecule has 0 saturated heterocycles. The highest BCUT2D eigenvalue weighted by Crippen LogP contribution is 2.46. The van der Waals surface area contributed by atoms with E-state index in [0.29, 0.717) is 12.5 Å². The average Bonchev–Trinajstić information content (AvgIpc) is 3.16. The maximum absolute atomic E-state index is 11.0. The van der Waals surface area contributed by atoms with Gasteiger partial charge in [-0.1, -0.05) is 0 Å². The van der Waals surface area contributed by atoms with Crippen molar-refractivity contribution in [2.45, 2.75) is 31.6 Å². The number of anilines is 1. The van der Waals surface area contributed by atoms with Gasteiger partial charge in [0.15, 0.2) is 0 Å². The molecule has 0 aliphatic heterocycles. The number of carbonyl (C=O) groups is 1. The number of rotatable bonds is 5. The Hall–Kier alpha value is -1.17. The number of nitrogens with zero attached hydrogens (tertiary/aromatic N) is 2. The molecule has 0 bridgehead atoms. The molecule has 2 aliphatic rings. The zero-order valence-electron chi connectivity index (χ0n) is 8.77. The molecule has 2 N–H and O–H groups in total. The molecule has 2 fully saturated rings. The molecule has 0 atom stereocenters. The Morgan fingerprint density at radius 1 is 1.56 bits per heavy atom. The van der Waals surface area contributed by atoms with Crippen LogP contribution in [0.4, 0.5) is 5.13 Å². The van der Waals surface area contributed by atoms with Crippen LogP contribution < -0.4 is 5.32 Å². The minimum absolute atomic E-state index is 0.474. The molecule has 1 aromatic heterocycles. The van der Waals surface area contributed by atoms with E-state index < -0.39 is 11.4 Å². The molecule has 16 heavy (non-hydrogen) atoms. The molecular formula is C10H13N3O2S. The molecule has 0 spiro atoms. The molecule has 1 heterocycles. The summed E-state index contributed by atoms with van der Waals surface area (Å²) in [6.07, 6.45) is 3.91. The first kappa shape index (κ1) is 10.0. The third-order valence-electron chi connectivity index (χ3n) is 3.27. The largest absolute Gasteiger partial charge is 0.481 e. The monoisotopic (exact) mass is 239 g/mol. The van der Waals surface area contributed by atoms with Gasteiger partial charge in [0.25, 0.3) is 0 Å². The van der Waals surface area contributed by atoms with Crippen LogP contribution in [0.15, 0.2) is 0 Å². The van der Waals surface area contributed by atoms with Crippen molar-refractivity contribution in [3.05, 3.63) is 5.82 Å². The van der Waals surface area contributed by atoms with E-state index in [4.69, 9.17) is 5.11 Å². The van der Waals surface area contributed by atoms with Crippen molar-refractivity contribution in [3.63, 3.8) is 0 Å².